The van der Waals surface area contributed by atoms with Gasteiger partial charge in [0.1, 0.15) is 6.61 Å². The lowest BCUT2D eigenvalue weighted by molar-refractivity contribution is 0.0639. The summed E-state index contributed by atoms with van der Waals surface area (Å²) in [6.45, 7) is 0.275. The van der Waals surface area contributed by atoms with E-state index in [4.69, 9.17) is 12.6 Å². The summed E-state index contributed by atoms with van der Waals surface area (Å²) in [6, 6.07) is 10.0. The highest BCUT2D eigenvalue weighted by Gasteiger charge is 2.43. The molecule has 2 bridgehead atoms. The van der Waals surface area contributed by atoms with Crippen LogP contribution in [0.25, 0.3) is 0 Å². The van der Waals surface area contributed by atoms with Gasteiger partial charge in [0.25, 0.3) is 0 Å². The van der Waals surface area contributed by atoms with E-state index in [0.717, 1.165) is 31.2 Å². The zero-order valence-electron chi connectivity index (χ0n) is 13.4. The maximum Gasteiger partial charge on any atom is 0.410 e. The van der Waals surface area contributed by atoms with Gasteiger partial charge in [0.15, 0.2) is 5.81 Å². The lowest BCUT2D eigenvalue weighted by Gasteiger charge is -2.41. The second-order valence-corrected chi connectivity index (χ2v) is 6.41. The van der Waals surface area contributed by atoms with Crippen LogP contribution >= 0.6 is 0 Å². The molecule has 2 saturated heterocycles. The molecule has 0 N–H and O–H groups in total. The molecule has 0 saturated carbocycles. The van der Waals surface area contributed by atoms with E-state index < -0.39 is 0 Å². The molecule has 1 aromatic rings. The normalized spacial score (nSPS) is 26.0. The second kappa shape index (κ2) is 6.65. The van der Waals surface area contributed by atoms with Gasteiger partial charge in [-0.15, -0.1) is 0 Å². The lowest BCUT2D eigenvalue weighted by atomic mass is 9.93. The molecule has 0 spiro atoms. The van der Waals surface area contributed by atoms with E-state index in [9.17, 15) is 9.59 Å². The molecule has 2 aliphatic rings. The van der Waals surface area contributed by atoms with Crippen LogP contribution in [0, 0.1) is 0 Å². The smallest absolute Gasteiger partial charge is 0.410 e. The molecule has 0 aromatic heterocycles. The Balaban J connectivity index is 1.55. The van der Waals surface area contributed by atoms with Gasteiger partial charge in [-0.25, -0.2) is 4.79 Å². The molecule has 6 heteroatoms. The van der Waals surface area contributed by atoms with Crippen LogP contribution in [-0.2, 0) is 11.3 Å². The summed E-state index contributed by atoms with van der Waals surface area (Å²) in [7, 11) is 7.24. The van der Waals surface area contributed by atoms with Crippen molar-refractivity contribution in [1.82, 2.24) is 9.80 Å². The first-order valence-electron chi connectivity index (χ1n) is 8.07. The van der Waals surface area contributed by atoms with Gasteiger partial charge in [-0.2, -0.15) is 0 Å². The van der Waals surface area contributed by atoms with Crippen molar-refractivity contribution in [3.05, 3.63) is 35.9 Å². The Labute approximate surface area is 138 Å². The van der Waals surface area contributed by atoms with Gasteiger partial charge < -0.3 is 14.5 Å². The van der Waals surface area contributed by atoms with E-state index in [-0.39, 0.29) is 36.6 Å². The molecule has 2 amide bonds. The predicted octanol–water partition coefficient (Wildman–Crippen LogP) is 2.54. The van der Waals surface area contributed by atoms with Crippen molar-refractivity contribution >= 4 is 19.7 Å². The number of fused-ring (bicyclic) bond motifs is 2. The van der Waals surface area contributed by atoms with E-state index in [2.05, 4.69) is 0 Å². The number of amides is 2. The highest BCUT2D eigenvalue weighted by molar-refractivity contribution is 6.57. The molecule has 120 valence electrons. The number of piperidine rings is 1. The van der Waals surface area contributed by atoms with Gasteiger partial charge in [0.05, 0.1) is 0 Å². The quantitative estimate of drug-likeness (QED) is 0.806. The zero-order valence-corrected chi connectivity index (χ0v) is 13.4. The van der Waals surface area contributed by atoms with Gasteiger partial charge in [-0.3, -0.25) is 4.79 Å². The van der Waals surface area contributed by atoms with Crippen LogP contribution in [0.5, 0.6) is 0 Å². The summed E-state index contributed by atoms with van der Waals surface area (Å²) in [5, 5.41) is 0. The molecule has 23 heavy (non-hydrogen) atoms. The predicted molar refractivity (Wildman–Crippen MR) is 87.2 cm³/mol. The Hall–Kier alpha value is -1.98. The van der Waals surface area contributed by atoms with Crippen molar-refractivity contribution in [3.63, 3.8) is 0 Å². The van der Waals surface area contributed by atoms with Crippen molar-refractivity contribution in [3.8, 4) is 0 Å². The van der Waals surface area contributed by atoms with Crippen LogP contribution in [0.3, 0.4) is 0 Å². The second-order valence-electron chi connectivity index (χ2n) is 6.41. The number of benzene rings is 1. The third-order valence-electron chi connectivity index (χ3n) is 5.00. The molecule has 3 rings (SSSR count). The number of hydrogen-bond donors (Lipinski definition) is 0. The van der Waals surface area contributed by atoms with Crippen molar-refractivity contribution in [2.45, 2.75) is 50.4 Å². The van der Waals surface area contributed by atoms with Crippen molar-refractivity contribution in [2.75, 3.05) is 7.05 Å². The minimum atomic E-state index is -0.342. The molecule has 3 atom stereocenters. The first-order chi connectivity index (χ1) is 11.1. The number of carbonyl (C=O) groups is 2. The number of ether oxygens (including phenoxy) is 1. The Morgan fingerprint density at radius 2 is 1.83 bits per heavy atom. The van der Waals surface area contributed by atoms with Crippen molar-refractivity contribution in [2.24, 2.45) is 0 Å². The summed E-state index contributed by atoms with van der Waals surface area (Å²) in [5.41, 5.74) is 0.970. The van der Waals surface area contributed by atoms with Crippen LogP contribution in [0.4, 0.5) is 9.59 Å². The van der Waals surface area contributed by atoms with E-state index >= 15 is 0 Å². The van der Waals surface area contributed by atoms with Crippen LogP contribution in [0.1, 0.15) is 31.2 Å². The van der Waals surface area contributed by atoms with Crippen LogP contribution in [0.15, 0.2) is 30.3 Å². The minimum Gasteiger partial charge on any atom is -0.445 e. The third-order valence-corrected chi connectivity index (χ3v) is 5.00. The maximum absolute atomic E-state index is 12.3. The number of hydrogen-bond acceptors (Lipinski definition) is 3. The molecular formula is C17H21BN2O3. The van der Waals surface area contributed by atoms with Crippen LogP contribution in [-0.4, -0.2) is 54.7 Å². The van der Waals surface area contributed by atoms with E-state index in [1.165, 1.54) is 0 Å². The molecule has 5 nitrogen and oxygen atoms in total. The van der Waals surface area contributed by atoms with Gasteiger partial charge in [0.2, 0.25) is 7.85 Å². The summed E-state index contributed by atoms with van der Waals surface area (Å²) in [4.78, 5) is 27.3. The number of nitrogens with zero attached hydrogens (tertiary/aromatic N) is 2. The molecule has 2 aliphatic heterocycles. The zero-order chi connectivity index (χ0) is 16.4. The highest BCUT2D eigenvalue weighted by Crippen LogP contribution is 2.37. The average Bonchev–Trinajstić information content (AvgIpc) is 2.83. The fraction of sp³-hybridized carbons (Fsp3) is 0.529. The van der Waals surface area contributed by atoms with Gasteiger partial charge >= 0.3 is 6.09 Å². The van der Waals surface area contributed by atoms with E-state index in [0.29, 0.717) is 0 Å². The Morgan fingerprint density at radius 1 is 1.22 bits per heavy atom. The summed E-state index contributed by atoms with van der Waals surface area (Å²) < 4.78 is 5.39. The SMILES string of the molecule is [B]C(=O)N1[C@@H]2CC[C@H]1CC(N(C)C(=O)OCc1ccccc1)C2. The average molecular weight is 312 g/mol. The standard InChI is InChI=1S/C17H21BN2O3/c1-19(17(22)23-11-12-5-3-2-4-6-12)15-9-13-7-8-14(10-15)20(13)16(18)21/h2-6,13-15H,7-11H2,1H3/t13-,14+,15?. The van der Waals surface area contributed by atoms with Gasteiger partial charge in [-0.1, -0.05) is 30.3 Å². The Kier molecular flexibility index (Phi) is 4.60. The lowest BCUT2D eigenvalue weighted by Crippen LogP contribution is -2.52. The Morgan fingerprint density at radius 3 is 2.39 bits per heavy atom. The van der Waals surface area contributed by atoms with E-state index in [1.54, 1.807) is 16.8 Å². The topological polar surface area (TPSA) is 49.9 Å². The van der Waals surface area contributed by atoms with Gasteiger partial charge in [-0.05, 0) is 31.2 Å². The maximum atomic E-state index is 12.3. The number of rotatable bonds is 3. The fourth-order valence-corrected chi connectivity index (χ4v) is 3.79. The molecular weight excluding hydrogens is 291 g/mol. The summed E-state index contributed by atoms with van der Waals surface area (Å²) >= 11 is 0. The highest BCUT2D eigenvalue weighted by atomic mass is 16.6. The van der Waals surface area contributed by atoms with Crippen LogP contribution < -0.4 is 0 Å². The fourth-order valence-electron chi connectivity index (χ4n) is 3.79. The van der Waals surface area contributed by atoms with Crippen molar-refractivity contribution < 1.29 is 14.3 Å². The molecule has 1 unspecified atom stereocenters. The summed E-state index contributed by atoms with van der Waals surface area (Å²) in [5.74, 6) is -0.342. The van der Waals surface area contributed by atoms with E-state index in [1.807, 2.05) is 30.3 Å². The minimum absolute atomic E-state index is 0.103. The molecule has 2 fully saturated rings. The monoisotopic (exact) mass is 312 g/mol. The Bertz CT molecular complexity index is 566. The van der Waals surface area contributed by atoms with Crippen LogP contribution in [0.2, 0.25) is 0 Å². The molecule has 2 radical (unpaired) electrons. The first-order valence-corrected chi connectivity index (χ1v) is 8.07. The van der Waals surface area contributed by atoms with Gasteiger partial charge in [0, 0.05) is 25.2 Å². The molecule has 1 aromatic carbocycles. The third kappa shape index (κ3) is 3.36. The largest absolute Gasteiger partial charge is 0.445 e. The molecule has 0 aliphatic carbocycles. The van der Waals surface area contributed by atoms with Crippen molar-refractivity contribution in [1.29, 1.82) is 0 Å². The first kappa shape index (κ1) is 15.9. The summed E-state index contributed by atoms with van der Waals surface area (Å²) in [6.07, 6.45) is 3.17. The molecule has 2 heterocycles. The number of carbonyl (C=O) groups excluding carboxylic acids is 2.